The molecule has 2 heterocycles. The molecule has 0 saturated carbocycles. The van der Waals surface area contributed by atoms with Crippen LogP contribution in [0.4, 0.5) is 0 Å². The molecule has 112 valence electrons. The highest BCUT2D eigenvalue weighted by Crippen LogP contribution is 2.34. The number of hydrogen-bond donors (Lipinski definition) is 1. The maximum absolute atomic E-state index is 6.00. The molecule has 0 saturated heterocycles. The van der Waals surface area contributed by atoms with Crippen LogP contribution in [-0.2, 0) is 12.8 Å². The number of thiophene rings is 1. The summed E-state index contributed by atoms with van der Waals surface area (Å²) in [6, 6.07) is 9.18. The van der Waals surface area contributed by atoms with Gasteiger partial charge in [0.2, 0.25) is 0 Å². The predicted molar refractivity (Wildman–Crippen MR) is 89.3 cm³/mol. The summed E-state index contributed by atoms with van der Waals surface area (Å²) >= 11 is 1.77. The van der Waals surface area contributed by atoms with Crippen LogP contribution in [0.3, 0.4) is 0 Å². The first-order chi connectivity index (χ1) is 10.4. The molecular formula is C18H23NOS. The molecule has 0 aliphatic carbocycles. The molecule has 0 bridgehead atoms. The van der Waals surface area contributed by atoms with Crippen molar-refractivity contribution in [2.24, 2.45) is 0 Å². The van der Waals surface area contributed by atoms with Crippen LogP contribution in [0.1, 0.15) is 42.5 Å². The molecule has 2 aromatic rings. The lowest BCUT2D eigenvalue weighted by atomic mass is 9.94. The van der Waals surface area contributed by atoms with Gasteiger partial charge >= 0.3 is 0 Å². The van der Waals surface area contributed by atoms with Crippen LogP contribution in [0.15, 0.2) is 35.0 Å². The molecule has 1 N–H and O–H groups in total. The van der Waals surface area contributed by atoms with Gasteiger partial charge in [-0.1, -0.05) is 25.1 Å². The summed E-state index contributed by atoms with van der Waals surface area (Å²) in [6.45, 7) is 4.10. The van der Waals surface area contributed by atoms with Gasteiger partial charge in [0.15, 0.2) is 0 Å². The Bertz CT molecular complexity index is 565. The summed E-state index contributed by atoms with van der Waals surface area (Å²) in [5.41, 5.74) is 4.10. The van der Waals surface area contributed by atoms with Gasteiger partial charge in [0.25, 0.3) is 0 Å². The van der Waals surface area contributed by atoms with Crippen molar-refractivity contribution in [1.29, 1.82) is 0 Å². The van der Waals surface area contributed by atoms with Crippen LogP contribution in [-0.4, -0.2) is 13.2 Å². The van der Waals surface area contributed by atoms with Crippen molar-refractivity contribution < 1.29 is 4.74 Å². The van der Waals surface area contributed by atoms with Crippen LogP contribution >= 0.6 is 11.3 Å². The van der Waals surface area contributed by atoms with Crippen molar-refractivity contribution in [3.05, 3.63) is 51.7 Å². The minimum atomic E-state index is 0.340. The highest BCUT2D eigenvalue weighted by molar-refractivity contribution is 7.07. The molecule has 1 atom stereocenters. The molecule has 0 radical (unpaired) electrons. The smallest absolute Gasteiger partial charge is 0.127 e. The zero-order chi connectivity index (χ0) is 14.5. The number of para-hydroxylation sites is 1. The van der Waals surface area contributed by atoms with Crippen LogP contribution in [0, 0.1) is 0 Å². The Kier molecular flexibility index (Phi) is 4.94. The van der Waals surface area contributed by atoms with Gasteiger partial charge in [-0.15, -0.1) is 0 Å². The van der Waals surface area contributed by atoms with E-state index in [0.29, 0.717) is 6.04 Å². The van der Waals surface area contributed by atoms with Gasteiger partial charge in [0.1, 0.15) is 5.75 Å². The van der Waals surface area contributed by atoms with Crippen molar-refractivity contribution in [1.82, 2.24) is 5.32 Å². The summed E-state index contributed by atoms with van der Waals surface area (Å²) in [6.07, 6.45) is 4.45. The lowest BCUT2D eigenvalue weighted by Crippen LogP contribution is -2.25. The van der Waals surface area contributed by atoms with Crippen molar-refractivity contribution in [3.63, 3.8) is 0 Å². The topological polar surface area (TPSA) is 21.3 Å². The van der Waals surface area contributed by atoms with E-state index in [0.717, 1.165) is 44.6 Å². The van der Waals surface area contributed by atoms with E-state index >= 15 is 0 Å². The Morgan fingerprint density at radius 1 is 1.33 bits per heavy atom. The van der Waals surface area contributed by atoms with E-state index in [-0.39, 0.29) is 0 Å². The summed E-state index contributed by atoms with van der Waals surface area (Å²) in [5.74, 6) is 1.13. The largest absolute Gasteiger partial charge is 0.493 e. The maximum Gasteiger partial charge on any atom is 0.127 e. The summed E-state index contributed by atoms with van der Waals surface area (Å²) < 4.78 is 6.00. The first-order valence-electron chi connectivity index (χ1n) is 7.87. The minimum absolute atomic E-state index is 0.340. The Morgan fingerprint density at radius 2 is 2.29 bits per heavy atom. The van der Waals surface area contributed by atoms with E-state index in [1.54, 1.807) is 11.3 Å². The van der Waals surface area contributed by atoms with E-state index < -0.39 is 0 Å². The second-order valence-corrected chi connectivity index (χ2v) is 6.41. The SMILES string of the molecule is CCCNC(Cc1ccsc1)c1cccc2c1OCCC2. The number of fused-ring (bicyclic) bond motifs is 1. The quantitative estimate of drug-likeness (QED) is 0.856. The molecule has 1 aromatic carbocycles. The van der Waals surface area contributed by atoms with E-state index in [2.05, 4.69) is 47.3 Å². The van der Waals surface area contributed by atoms with Gasteiger partial charge in [0, 0.05) is 11.6 Å². The monoisotopic (exact) mass is 301 g/mol. The van der Waals surface area contributed by atoms with Crippen molar-refractivity contribution in [3.8, 4) is 5.75 Å². The molecule has 1 unspecified atom stereocenters. The Labute approximate surface area is 131 Å². The van der Waals surface area contributed by atoms with Crippen LogP contribution < -0.4 is 10.1 Å². The first kappa shape index (κ1) is 14.6. The molecule has 0 spiro atoms. The average Bonchev–Trinajstić information content (AvgIpc) is 3.04. The van der Waals surface area contributed by atoms with Crippen LogP contribution in [0.5, 0.6) is 5.75 Å². The average molecular weight is 301 g/mol. The Morgan fingerprint density at radius 3 is 3.10 bits per heavy atom. The number of aryl methyl sites for hydroxylation is 1. The van der Waals surface area contributed by atoms with E-state index in [9.17, 15) is 0 Å². The van der Waals surface area contributed by atoms with Gasteiger partial charge in [0.05, 0.1) is 6.61 Å². The highest BCUT2D eigenvalue weighted by Gasteiger charge is 2.21. The molecule has 2 nitrogen and oxygen atoms in total. The number of rotatable bonds is 6. The maximum atomic E-state index is 6.00. The first-order valence-corrected chi connectivity index (χ1v) is 8.82. The molecule has 1 aliphatic rings. The van der Waals surface area contributed by atoms with Crippen LogP contribution in [0.2, 0.25) is 0 Å². The van der Waals surface area contributed by atoms with Gasteiger partial charge in [-0.25, -0.2) is 0 Å². The molecule has 3 heteroatoms. The third-order valence-electron chi connectivity index (χ3n) is 4.00. The Hall–Kier alpha value is -1.32. The van der Waals surface area contributed by atoms with Gasteiger partial charge in [-0.05, 0) is 60.2 Å². The lowest BCUT2D eigenvalue weighted by molar-refractivity contribution is 0.281. The highest BCUT2D eigenvalue weighted by atomic mass is 32.1. The second-order valence-electron chi connectivity index (χ2n) is 5.63. The fourth-order valence-electron chi connectivity index (χ4n) is 2.94. The predicted octanol–water partition coefficient (Wildman–Crippen LogP) is 4.36. The van der Waals surface area contributed by atoms with Crippen molar-refractivity contribution in [2.75, 3.05) is 13.2 Å². The molecule has 0 fully saturated rings. The number of hydrogen-bond acceptors (Lipinski definition) is 3. The normalized spacial score (nSPS) is 15.3. The standard InChI is InChI=1S/C18H23NOS/c1-2-9-19-17(12-14-8-11-21-13-14)16-7-3-5-15-6-4-10-20-18(15)16/h3,5,7-8,11,13,17,19H,2,4,6,9-10,12H2,1H3. The summed E-state index contributed by atoms with van der Waals surface area (Å²) in [7, 11) is 0. The van der Waals surface area contributed by atoms with Crippen molar-refractivity contribution >= 4 is 11.3 Å². The number of benzene rings is 1. The molecular weight excluding hydrogens is 278 g/mol. The number of nitrogens with one attached hydrogen (secondary N) is 1. The number of ether oxygens (including phenoxy) is 1. The molecule has 1 aromatic heterocycles. The summed E-state index contributed by atoms with van der Waals surface area (Å²) in [4.78, 5) is 0. The third-order valence-corrected chi connectivity index (χ3v) is 4.73. The van der Waals surface area contributed by atoms with E-state index in [4.69, 9.17) is 4.74 Å². The molecule has 21 heavy (non-hydrogen) atoms. The fourth-order valence-corrected chi connectivity index (χ4v) is 3.63. The van der Waals surface area contributed by atoms with Gasteiger partial charge in [-0.3, -0.25) is 0 Å². The van der Waals surface area contributed by atoms with E-state index in [1.165, 1.54) is 16.7 Å². The summed E-state index contributed by atoms with van der Waals surface area (Å²) in [5, 5.41) is 8.10. The molecule has 1 aliphatic heterocycles. The zero-order valence-corrected chi connectivity index (χ0v) is 13.4. The van der Waals surface area contributed by atoms with Gasteiger partial charge < -0.3 is 10.1 Å². The minimum Gasteiger partial charge on any atom is -0.493 e. The van der Waals surface area contributed by atoms with E-state index in [1.807, 2.05) is 0 Å². The van der Waals surface area contributed by atoms with Crippen molar-refractivity contribution in [2.45, 2.75) is 38.6 Å². The Balaban J connectivity index is 1.88. The lowest BCUT2D eigenvalue weighted by Gasteiger charge is -2.26. The fraction of sp³-hybridized carbons (Fsp3) is 0.444. The van der Waals surface area contributed by atoms with Crippen LogP contribution in [0.25, 0.3) is 0 Å². The zero-order valence-electron chi connectivity index (χ0n) is 12.6. The van der Waals surface area contributed by atoms with Gasteiger partial charge in [-0.2, -0.15) is 11.3 Å². The molecule has 3 rings (SSSR count). The second kappa shape index (κ2) is 7.10. The third kappa shape index (κ3) is 3.47. The molecule has 0 amide bonds.